The molecule has 6 rings (SSSR count). The van der Waals surface area contributed by atoms with Crippen LogP contribution in [0.2, 0.25) is 0 Å². The lowest BCUT2D eigenvalue weighted by Crippen LogP contribution is -2.22. The van der Waals surface area contributed by atoms with E-state index < -0.39 is 24.1 Å². The summed E-state index contributed by atoms with van der Waals surface area (Å²) in [7, 11) is 3.70. The SMILES string of the molecule is Cc1ccc2c(c1)c(C(OC(=O)/C=C\C(=O)OC(C(=O)Cc1nc[nH]c1C)c1cn(C)c3ccc(C)cc13)C(=O)Cc1nc[nH]c1C)cn2C. The zero-order valence-electron chi connectivity index (χ0n) is 28.7. The molecule has 0 saturated carbocycles. The van der Waals surface area contributed by atoms with Crippen LogP contribution in [0.15, 0.2) is 73.6 Å². The molecule has 0 saturated heterocycles. The lowest BCUT2D eigenvalue weighted by Gasteiger charge is -2.17. The van der Waals surface area contributed by atoms with Crippen LogP contribution in [0.5, 0.6) is 0 Å². The van der Waals surface area contributed by atoms with Crippen molar-refractivity contribution in [2.45, 2.75) is 52.7 Å². The van der Waals surface area contributed by atoms with Crippen molar-refractivity contribution < 1.29 is 28.7 Å². The van der Waals surface area contributed by atoms with Gasteiger partial charge in [-0.2, -0.15) is 0 Å². The lowest BCUT2D eigenvalue weighted by molar-refractivity contribution is -0.152. The first-order chi connectivity index (χ1) is 23.9. The second kappa shape index (κ2) is 13.8. The first-order valence-corrected chi connectivity index (χ1v) is 16.1. The molecular weight excluding hydrogens is 636 g/mol. The number of Topliss-reactive ketones (excluding diaryl/α,β-unsaturated/α-hetero) is 2. The molecule has 2 N–H and O–H groups in total. The average molecular weight is 675 g/mol. The number of hydrogen-bond donors (Lipinski definition) is 2. The summed E-state index contributed by atoms with van der Waals surface area (Å²) in [5.74, 6) is -2.63. The van der Waals surface area contributed by atoms with Crippen LogP contribution in [-0.2, 0) is 55.6 Å². The van der Waals surface area contributed by atoms with Crippen LogP contribution in [-0.4, -0.2) is 52.6 Å². The molecule has 0 aliphatic heterocycles. The number of H-pyrrole nitrogens is 2. The van der Waals surface area contributed by atoms with Crippen molar-refractivity contribution >= 4 is 45.3 Å². The van der Waals surface area contributed by atoms with E-state index in [1.807, 2.05) is 73.5 Å². The number of aryl methyl sites for hydroxylation is 6. The molecule has 0 aliphatic rings. The minimum atomic E-state index is -1.28. The maximum Gasteiger partial charge on any atom is 0.332 e. The highest BCUT2D eigenvalue weighted by molar-refractivity contribution is 5.99. The Balaban J connectivity index is 1.26. The minimum Gasteiger partial charge on any atom is -0.446 e. The number of hydrogen-bond acceptors (Lipinski definition) is 8. The standard InChI is InChI=1S/C38H38N6O6/c1-21-7-9-31-25(13-21)27(17-43(31)5)37(33(45)15-29-23(3)39-19-41-29)49-35(47)11-12-36(48)50-38(34(46)16-30-24(4)40-20-42-30)28-18-44(6)32-10-8-22(2)14-26(28)32/h7-14,17-20,37-38H,15-16H2,1-6H3,(H,39,41)(H,40,42)/b12-11-. The van der Waals surface area contributed by atoms with Crippen molar-refractivity contribution in [2.75, 3.05) is 0 Å². The maximum absolute atomic E-state index is 13.7. The van der Waals surface area contributed by atoms with Crippen LogP contribution in [0.25, 0.3) is 21.8 Å². The molecule has 256 valence electrons. The quantitative estimate of drug-likeness (QED) is 0.129. The van der Waals surface area contributed by atoms with Crippen molar-refractivity contribution in [3.8, 4) is 0 Å². The number of ether oxygens (including phenoxy) is 2. The molecule has 6 aromatic rings. The van der Waals surface area contributed by atoms with Crippen LogP contribution in [0.3, 0.4) is 0 Å². The number of nitrogens with zero attached hydrogens (tertiary/aromatic N) is 4. The summed E-state index contributed by atoms with van der Waals surface area (Å²) in [5, 5.41) is 1.53. The van der Waals surface area contributed by atoms with Crippen molar-refractivity contribution in [1.29, 1.82) is 0 Å². The van der Waals surface area contributed by atoms with Gasteiger partial charge in [-0.15, -0.1) is 0 Å². The number of ketones is 2. The second-order valence-electron chi connectivity index (χ2n) is 12.6. The fraction of sp³-hybridized carbons (Fsp3) is 0.263. The number of benzene rings is 2. The molecule has 0 radical (unpaired) electrons. The van der Waals surface area contributed by atoms with E-state index in [1.54, 1.807) is 26.2 Å². The first kappa shape index (κ1) is 33.8. The van der Waals surface area contributed by atoms with E-state index in [-0.39, 0.29) is 24.4 Å². The molecule has 50 heavy (non-hydrogen) atoms. The van der Waals surface area contributed by atoms with Gasteiger partial charge in [-0.1, -0.05) is 23.3 Å². The van der Waals surface area contributed by atoms with E-state index in [0.717, 1.165) is 56.5 Å². The monoisotopic (exact) mass is 674 g/mol. The highest BCUT2D eigenvalue weighted by Gasteiger charge is 2.31. The van der Waals surface area contributed by atoms with Crippen molar-refractivity contribution in [2.24, 2.45) is 14.1 Å². The van der Waals surface area contributed by atoms with Gasteiger partial charge in [0.2, 0.25) is 0 Å². The van der Waals surface area contributed by atoms with Crippen LogP contribution >= 0.6 is 0 Å². The van der Waals surface area contributed by atoms with Gasteiger partial charge in [-0.3, -0.25) is 9.59 Å². The Morgan fingerprint density at radius 3 is 1.44 bits per heavy atom. The molecule has 4 aromatic heterocycles. The van der Waals surface area contributed by atoms with Crippen LogP contribution < -0.4 is 0 Å². The van der Waals surface area contributed by atoms with Gasteiger partial charge in [0.05, 0.1) is 36.9 Å². The van der Waals surface area contributed by atoms with E-state index >= 15 is 0 Å². The molecule has 2 atom stereocenters. The number of carbonyl (C=O) groups excluding carboxylic acids is 4. The zero-order chi connectivity index (χ0) is 35.7. The van der Waals surface area contributed by atoms with Gasteiger partial charge >= 0.3 is 11.9 Å². The number of rotatable bonds is 12. The molecule has 0 bridgehead atoms. The van der Waals surface area contributed by atoms with Gasteiger partial charge in [0.25, 0.3) is 0 Å². The summed E-state index contributed by atoms with van der Waals surface area (Å²) in [6.07, 6.45) is 5.62. The van der Waals surface area contributed by atoms with Gasteiger partial charge in [-0.05, 0) is 52.0 Å². The summed E-state index contributed by atoms with van der Waals surface area (Å²) < 4.78 is 15.3. The molecule has 0 spiro atoms. The maximum atomic E-state index is 13.7. The average Bonchev–Trinajstić information content (AvgIpc) is 3.84. The number of fused-ring (bicyclic) bond motifs is 2. The largest absolute Gasteiger partial charge is 0.446 e. The van der Waals surface area contributed by atoms with Crippen molar-refractivity contribution in [3.05, 3.63) is 119 Å². The third kappa shape index (κ3) is 6.91. The zero-order valence-corrected chi connectivity index (χ0v) is 28.7. The number of aromatic amines is 2. The van der Waals surface area contributed by atoms with Crippen LogP contribution in [0.4, 0.5) is 0 Å². The van der Waals surface area contributed by atoms with Gasteiger partial charge < -0.3 is 28.6 Å². The lowest BCUT2D eigenvalue weighted by atomic mass is 10.00. The number of esters is 2. The third-order valence-corrected chi connectivity index (χ3v) is 8.88. The van der Waals surface area contributed by atoms with E-state index in [0.29, 0.717) is 22.5 Å². The summed E-state index contributed by atoms with van der Waals surface area (Å²) in [6, 6.07) is 11.7. The van der Waals surface area contributed by atoms with E-state index in [9.17, 15) is 19.2 Å². The van der Waals surface area contributed by atoms with Gasteiger partial charge in [-0.25, -0.2) is 19.6 Å². The van der Waals surface area contributed by atoms with Gasteiger partial charge in [0.1, 0.15) is 0 Å². The summed E-state index contributed by atoms with van der Waals surface area (Å²) >= 11 is 0. The predicted octanol–water partition coefficient (Wildman–Crippen LogP) is 5.40. The highest BCUT2D eigenvalue weighted by Crippen LogP contribution is 2.33. The smallest absolute Gasteiger partial charge is 0.332 e. The molecular formula is C38H38N6O6. The Morgan fingerprint density at radius 1 is 0.680 bits per heavy atom. The van der Waals surface area contributed by atoms with E-state index in [1.165, 1.54) is 12.7 Å². The van der Waals surface area contributed by atoms with Gasteiger partial charge in [0.15, 0.2) is 23.8 Å². The minimum absolute atomic E-state index is 0.0784. The molecule has 12 heteroatoms. The second-order valence-corrected chi connectivity index (χ2v) is 12.6. The Morgan fingerprint density at radius 2 is 1.08 bits per heavy atom. The number of aromatic nitrogens is 6. The number of carbonyl (C=O) groups is 4. The molecule has 0 amide bonds. The normalized spacial score (nSPS) is 12.8. The Labute approximate surface area is 288 Å². The summed E-state index contributed by atoms with van der Waals surface area (Å²) in [4.78, 5) is 68.5. The fourth-order valence-corrected chi connectivity index (χ4v) is 6.19. The summed E-state index contributed by atoms with van der Waals surface area (Å²) in [6.45, 7) is 7.49. The fourth-order valence-electron chi connectivity index (χ4n) is 6.19. The van der Waals surface area contributed by atoms with Crippen LogP contribution in [0.1, 0.15) is 57.2 Å². The van der Waals surface area contributed by atoms with Gasteiger partial charge in [0, 0.05) is 83.0 Å². The Hall–Kier alpha value is -6.04. The summed E-state index contributed by atoms with van der Waals surface area (Å²) in [5.41, 5.74) is 7.23. The number of imidazole rings is 2. The number of nitrogens with one attached hydrogen (secondary N) is 2. The Kier molecular flexibility index (Phi) is 9.36. The predicted molar refractivity (Wildman–Crippen MR) is 186 cm³/mol. The molecule has 0 fully saturated rings. The molecule has 2 unspecified atom stereocenters. The van der Waals surface area contributed by atoms with E-state index in [4.69, 9.17) is 9.47 Å². The molecule has 0 aliphatic carbocycles. The first-order valence-electron chi connectivity index (χ1n) is 16.1. The molecule has 12 nitrogen and oxygen atoms in total. The topological polar surface area (TPSA) is 154 Å². The van der Waals surface area contributed by atoms with Crippen LogP contribution in [0, 0.1) is 27.7 Å². The Bertz CT molecular complexity index is 2140. The highest BCUT2D eigenvalue weighted by atomic mass is 16.6. The third-order valence-electron chi connectivity index (χ3n) is 8.88. The van der Waals surface area contributed by atoms with Crippen molar-refractivity contribution in [3.63, 3.8) is 0 Å². The van der Waals surface area contributed by atoms with Crippen molar-refractivity contribution in [1.82, 2.24) is 29.1 Å². The van der Waals surface area contributed by atoms with E-state index in [2.05, 4.69) is 19.9 Å². The molecule has 2 aromatic carbocycles. The molecule has 4 heterocycles.